The maximum atomic E-state index is 14.8. The lowest BCUT2D eigenvalue weighted by molar-refractivity contribution is 0.0714. The molecule has 0 saturated carbocycles. The van der Waals surface area contributed by atoms with Gasteiger partial charge in [-0.1, -0.05) is 180 Å². The van der Waals surface area contributed by atoms with Crippen LogP contribution in [-0.4, -0.2) is 29.8 Å². The molecule has 0 spiro atoms. The van der Waals surface area contributed by atoms with E-state index >= 15 is 0 Å². The van der Waals surface area contributed by atoms with Crippen LogP contribution in [0.3, 0.4) is 0 Å². The number of carbonyl (C=O) groups is 5. The third-order valence-corrected chi connectivity index (χ3v) is 22.8. The Morgan fingerprint density at radius 1 is 0.268 bits per heavy atom. The summed E-state index contributed by atoms with van der Waals surface area (Å²) in [7, 11) is 0. The smallest absolute Gasteiger partial charge is 0.349 e. The lowest BCUT2D eigenvalue weighted by atomic mass is 9.99. The Balaban J connectivity index is 0.000000165. The highest BCUT2D eigenvalue weighted by atomic mass is 35.5. The number of hydrogen-bond acceptors (Lipinski definition) is 15. The molecule has 138 heavy (non-hydrogen) atoms. The molecular formula is C110H82Cl3F10N5O10. The van der Waals surface area contributed by atoms with Crippen LogP contribution in [0.2, 0.25) is 15.1 Å². The molecule has 0 aromatic heterocycles. The minimum Gasteiger partial charge on any atom is -0.423 e. The molecule has 28 heteroatoms. The fourth-order valence-corrected chi connectivity index (χ4v) is 15.3. The molecule has 0 atom stereocenters. The summed E-state index contributed by atoms with van der Waals surface area (Å²) >= 11 is 19.1. The van der Waals surface area contributed by atoms with Crippen molar-refractivity contribution in [1.29, 1.82) is 26.3 Å². The molecule has 0 N–H and O–H groups in total. The number of hydrogen-bond donors (Lipinski definition) is 0. The molecule has 0 bridgehead atoms. The summed E-state index contributed by atoms with van der Waals surface area (Å²) in [5, 5.41) is 50.0. The highest BCUT2D eigenvalue weighted by Gasteiger charge is 2.28. The van der Waals surface area contributed by atoms with E-state index in [1.807, 2.05) is 49.4 Å². The van der Waals surface area contributed by atoms with Crippen molar-refractivity contribution >= 4 is 119 Å². The fourth-order valence-electron chi connectivity index (χ4n) is 14.4. The number of nitrogens with zero attached hydrogens (tertiary/aromatic N) is 5. The second kappa shape index (κ2) is 48.7. The molecule has 0 unspecified atom stereocenters. The number of nitriles is 5. The van der Waals surface area contributed by atoms with Crippen LogP contribution in [0.25, 0.3) is 53.9 Å². The maximum Gasteiger partial charge on any atom is 0.349 e. The summed E-state index contributed by atoms with van der Waals surface area (Å²) in [5.74, 6) is -14.9. The Morgan fingerprint density at radius 3 is 1.06 bits per heavy atom. The molecule has 15 rings (SSSR count). The van der Waals surface area contributed by atoms with Gasteiger partial charge in [-0.2, -0.15) is 26.3 Å². The van der Waals surface area contributed by atoms with Crippen LogP contribution < -0.4 is 23.7 Å². The van der Waals surface area contributed by atoms with Gasteiger partial charge in [-0.05, 0) is 240 Å². The van der Waals surface area contributed by atoms with Gasteiger partial charge in [-0.25, -0.2) is 67.9 Å². The highest BCUT2D eigenvalue weighted by Crippen LogP contribution is 2.37. The van der Waals surface area contributed by atoms with Gasteiger partial charge in [0.25, 0.3) is 0 Å². The van der Waals surface area contributed by atoms with Gasteiger partial charge in [0.05, 0.1) is 59.9 Å². The van der Waals surface area contributed by atoms with Crippen molar-refractivity contribution in [2.24, 2.45) is 0 Å². The lowest BCUT2D eigenvalue weighted by Gasteiger charge is -2.11. The zero-order valence-corrected chi connectivity index (χ0v) is 77.0. The minimum absolute atomic E-state index is 0.00734. The van der Waals surface area contributed by atoms with Crippen molar-refractivity contribution in [3.8, 4) is 59.1 Å². The Hall–Kier alpha value is -15.4. The monoisotopic (exact) mass is 1930 g/mol. The Morgan fingerprint density at radius 2 is 0.616 bits per heavy atom. The third-order valence-electron chi connectivity index (χ3n) is 21.7. The van der Waals surface area contributed by atoms with E-state index in [4.69, 9.17) is 84.8 Å². The summed E-state index contributed by atoms with van der Waals surface area (Å²) in [6.07, 6.45) is 14.6. The predicted molar refractivity (Wildman–Crippen MR) is 508 cm³/mol. The number of rotatable bonds is 25. The summed E-state index contributed by atoms with van der Waals surface area (Å²) in [6, 6.07) is 62.9. The van der Waals surface area contributed by atoms with Crippen molar-refractivity contribution in [2.45, 2.75) is 131 Å². The molecule has 15 nitrogen and oxygen atoms in total. The Labute approximate surface area is 802 Å². The number of halogens is 13. The first kappa shape index (κ1) is 103. The summed E-state index contributed by atoms with van der Waals surface area (Å²) in [4.78, 5) is 61.9. The largest absolute Gasteiger partial charge is 0.423 e. The van der Waals surface area contributed by atoms with Crippen LogP contribution in [0.1, 0.15) is 206 Å². The van der Waals surface area contributed by atoms with E-state index in [1.54, 1.807) is 72.8 Å². The topological polar surface area (TPSA) is 250 Å². The first-order valence-corrected chi connectivity index (χ1v) is 44.7. The van der Waals surface area contributed by atoms with E-state index in [1.165, 1.54) is 65.7 Å². The molecule has 698 valence electrons. The van der Waals surface area contributed by atoms with E-state index in [0.29, 0.717) is 33.0 Å². The van der Waals surface area contributed by atoms with E-state index in [2.05, 4.69) is 45.9 Å². The van der Waals surface area contributed by atoms with Gasteiger partial charge >= 0.3 is 29.8 Å². The van der Waals surface area contributed by atoms with Gasteiger partial charge < -0.3 is 23.7 Å². The third kappa shape index (κ3) is 26.2. The lowest BCUT2D eigenvalue weighted by Crippen LogP contribution is -2.14. The van der Waals surface area contributed by atoms with Crippen LogP contribution in [-0.2, 0) is 32.1 Å². The van der Waals surface area contributed by atoms with Crippen LogP contribution in [0.15, 0.2) is 224 Å². The quantitative estimate of drug-likeness (QED) is 0.0293. The SMILES string of the molecule is CCCCc1cc(Cl)c2cc(C(=O)Oc3ccc(C#N)c(F)c3)ccc2c1.CCCCc1cc(F)c2c(F)c(C(=O)Oc3ccc(C#N)c(F)c3)c(F)cc2c1.CCCCc1ccc2c(Cl)c(C(=O)Oc3ccc(C#N)c(F)c3)ccc2c1.CCCCc1ccc2c(F)c(C(=O)Oc3ccc(C#N)c(F)c3)c(F)cc2c1.CCCCc1ccc2cc(C(=O)Oc3ccc(C#N)c(F)c3)c(Cl)cc2c1. The zero-order valence-electron chi connectivity index (χ0n) is 74.7. The number of benzene rings is 15. The standard InChI is InChI=1S/3C22H17ClFNO2.C22H15F4NO2.C22H16F3NO2/c1-2-3-4-14-5-9-18-15(11-14)7-10-19(21(18)23)22(26)27-17-8-6-16(13-25)20(24)12-17;1-2-3-4-14-9-15-5-6-16(11-19(15)20(23)10-14)22(26)27-18-8-7-17(13-25)21(24)12-18;1-2-3-4-14-5-6-15-10-19(20(23)11-17(15)9-14)22(26)27-18-8-7-16(13-25)21(24)12-18;1-2-3-4-12-7-14-9-18(25)20(21(26)19(14)17(24)8-12)22(28)29-15-6-5-13(11-27)16(23)10-15;1-2-3-4-13-5-8-17-15(9-13)10-19(24)20(21(17)25)22(27)28-16-7-6-14(12-26)18(23)11-16/h3*5-12H,2-4H2,1H3;5-10H,2-4H2,1H3;5-11H,2-4H2,1H3. The van der Waals surface area contributed by atoms with E-state index in [0.717, 1.165) is 200 Å². The fraction of sp³-hybridized carbons (Fsp3) is 0.182. The van der Waals surface area contributed by atoms with Gasteiger partial charge in [0.2, 0.25) is 0 Å². The number of aryl methyl sites for hydroxylation is 5. The van der Waals surface area contributed by atoms with Crippen LogP contribution in [0.4, 0.5) is 43.9 Å². The van der Waals surface area contributed by atoms with Crippen molar-refractivity contribution in [1.82, 2.24) is 0 Å². The molecular weight excluding hydrogens is 1850 g/mol. The predicted octanol–water partition coefficient (Wildman–Crippen LogP) is 29.7. The van der Waals surface area contributed by atoms with Crippen molar-refractivity contribution in [3.05, 3.63) is 381 Å². The van der Waals surface area contributed by atoms with Gasteiger partial charge in [-0.3, -0.25) is 0 Å². The van der Waals surface area contributed by atoms with Gasteiger partial charge in [0.15, 0.2) is 5.82 Å². The molecule has 15 aromatic rings. The second-order valence-corrected chi connectivity index (χ2v) is 32.8. The minimum atomic E-state index is -1.44. The van der Waals surface area contributed by atoms with Gasteiger partial charge in [0.1, 0.15) is 123 Å². The Kier molecular flexibility index (Phi) is 36.3. The highest BCUT2D eigenvalue weighted by molar-refractivity contribution is 6.38. The van der Waals surface area contributed by atoms with Crippen LogP contribution in [0.5, 0.6) is 28.7 Å². The normalized spacial score (nSPS) is 10.6. The average molecular weight is 1930 g/mol. The maximum absolute atomic E-state index is 14.8. The Bertz CT molecular complexity index is 7350. The van der Waals surface area contributed by atoms with E-state index in [9.17, 15) is 67.9 Å². The first-order chi connectivity index (χ1) is 66.3. The molecule has 0 aliphatic heterocycles. The first-order valence-electron chi connectivity index (χ1n) is 43.6. The molecule has 0 amide bonds. The van der Waals surface area contributed by atoms with Crippen molar-refractivity contribution in [2.75, 3.05) is 0 Å². The molecule has 0 aliphatic rings. The second-order valence-electron chi connectivity index (χ2n) is 31.6. The van der Waals surface area contributed by atoms with Crippen LogP contribution in [0, 0.1) is 115 Å². The van der Waals surface area contributed by atoms with Crippen molar-refractivity contribution in [3.63, 3.8) is 0 Å². The van der Waals surface area contributed by atoms with Gasteiger partial charge in [-0.15, -0.1) is 0 Å². The molecule has 0 radical (unpaired) electrons. The molecule has 0 aliphatic carbocycles. The molecule has 0 saturated heterocycles. The summed E-state index contributed by atoms with van der Waals surface area (Å²) in [6.45, 7) is 10.5. The zero-order chi connectivity index (χ0) is 99.6. The number of ether oxygens (including phenoxy) is 5. The van der Waals surface area contributed by atoms with Gasteiger partial charge in [0, 0.05) is 51.5 Å². The van der Waals surface area contributed by atoms with Crippen molar-refractivity contribution < 1.29 is 91.6 Å². The molecule has 0 fully saturated rings. The average Bonchev–Trinajstić information content (AvgIpc) is 0.767. The molecule has 0 heterocycles. The number of unbranched alkanes of at least 4 members (excludes halogenated alkanes) is 5. The number of fused-ring (bicyclic) bond motifs is 5. The van der Waals surface area contributed by atoms with Crippen LogP contribution >= 0.6 is 34.8 Å². The number of carbonyl (C=O) groups excluding carboxylic acids is 5. The van der Waals surface area contributed by atoms with E-state index < -0.39 is 105 Å². The van der Waals surface area contributed by atoms with E-state index in [-0.39, 0.29) is 83.5 Å². The molecule has 15 aromatic carbocycles. The summed E-state index contributed by atoms with van der Waals surface area (Å²) in [5.41, 5.74) is 3.11. The summed E-state index contributed by atoms with van der Waals surface area (Å²) < 4.78 is 167. The number of esters is 5.